The second-order valence-electron chi connectivity index (χ2n) is 4.10. The van der Waals surface area contributed by atoms with E-state index < -0.39 is 0 Å². The second kappa shape index (κ2) is 4.76. The third kappa shape index (κ3) is 4.41. The lowest BCUT2D eigenvalue weighted by atomic mass is 9.90. The summed E-state index contributed by atoms with van der Waals surface area (Å²) in [4.78, 5) is 0. The molecule has 0 saturated heterocycles. The molecule has 1 nitrogen and oxygen atoms in total. The van der Waals surface area contributed by atoms with Crippen LogP contribution in [0.1, 0.15) is 47.0 Å². The Balaban J connectivity index is 3.69. The molecule has 0 aliphatic rings. The molecular weight excluding hydrogens is 134 g/mol. The summed E-state index contributed by atoms with van der Waals surface area (Å²) in [6.45, 7) is 9.11. The van der Waals surface area contributed by atoms with Crippen molar-refractivity contribution >= 4 is 0 Å². The molecule has 1 heteroatoms. The molecule has 0 rings (SSSR count). The highest BCUT2D eigenvalue weighted by Gasteiger charge is 2.18. The molecule has 0 amide bonds. The second-order valence-corrected chi connectivity index (χ2v) is 4.10. The first-order chi connectivity index (χ1) is 5.04. The van der Waals surface area contributed by atoms with Gasteiger partial charge in [-0.15, -0.1) is 0 Å². The van der Waals surface area contributed by atoms with Gasteiger partial charge in [0.1, 0.15) is 0 Å². The molecule has 1 unspecified atom stereocenters. The van der Waals surface area contributed by atoms with E-state index in [1.165, 1.54) is 19.3 Å². The Morgan fingerprint density at radius 3 is 2.18 bits per heavy atom. The molecule has 1 atom stereocenters. The average Bonchev–Trinajstić information content (AvgIpc) is 2.00. The van der Waals surface area contributed by atoms with Crippen molar-refractivity contribution in [2.24, 2.45) is 5.92 Å². The zero-order valence-electron chi connectivity index (χ0n) is 8.70. The molecule has 0 saturated carbocycles. The normalized spacial score (nSPS) is 16.9. The quantitative estimate of drug-likeness (QED) is 0.647. The van der Waals surface area contributed by atoms with E-state index in [0.29, 0.717) is 5.54 Å². The first kappa shape index (κ1) is 11.0. The Bertz CT molecular complexity index is 93.0. The van der Waals surface area contributed by atoms with Gasteiger partial charge < -0.3 is 5.32 Å². The van der Waals surface area contributed by atoms with Gasteiger partial charge in [0.2, 0.25) is 0 Å². The molecule has 0 fully saturated rings. The van der Waals surface area contributed by atoms with E-state index in [2.05, 4.69) is 40.1 Å². The fourth-order valence-electron chi connectivity index (χ4n) is 1.09. The molecule has 68 valence electrons. The largest absolute Gasteiger partial charge is 0.315 e. The summed E-state index contributed by atoms with van der Waals surface area (Å²) in [5.41, 5.74) is 0.365. The summed E-state index contributed by atoms with van der Waals surface area (Å²) >= 11 is 0. The average molecular weight is 157 g/mol. The van der Waals surface area contributed by atoms with Crippen LogP contribution in [0.3, 0.4) is 0 Å². The van der Waals surface area contributed by atoms with E-state index in [1.807, 2.05) is 0 Å². The van der Waals surface area contributed by atoms with Crippen LogP contribution in [0.25, 0.3) is 0 Å². The minimum absolute atomic E-state index is 0.365. The van der Waals surface area contributed by atoms with Gasteiger partial charge in [-0.2, -0.15) is 0 Å². The van der Waals surface area contributed by atoms with Gasteiger partial charge in [-0.25, -0.2) is 0 Å². The van der Waals surface area contributed by atoms with E-state index in [0.717, 1.165) is 5.92 Å². The minimum Gasteiger partial charge on any atom is -0.315 e. The van der Waals surface area contributed by atoms with Gasteiger partial charge >= 0.3 is 0 Å². The predicted octanol–water partition coefficient (Wildman–Crippen LogP) is 2.81. The lowest BCUT2D eigenvalue weighted by Gasteiger charge is -2.28. The molecule has 0 aromatic carbocycles. The van der Waals surface area contributed by atoms with Gasteiger partial charge in [0.25, 0.3) is 0 Å². The smallest absolute Gasteiger partial charge is 0.0147 e. The number of hydrogen-bond donors (Lipinski definition) is 1. The van der Waals surface area contributed by atoms with Crippen LogP contribution in [0, 0.1) is 5.92 Å². The fourth-order valence-corrected chi connectivity index (χ4v) is 1.09. The topological polar surface area (TPSA) is 12.0 Å². The van der Waals surface area contributed by atoms with Gasteiger partial charge in [0.05, 0.1) is 0 Å². The van der Waals surface area contributed by atoms with Crippen molar-refractivity contribution in [3.8, 4) is 0 Å². The molecule has 11 heavy (non-hydrogen) atoms. The summed E-state index contributed by atoms with van der Waals surface area (Å²) in [6, 6.07) is 0. The molecule has 0 aliphatic carbocycles. The van der Waals surface area contributed by atoms with Crippen LogP contribution >= 0.6 is 0 Å². The highest BCUT2D eigenvalue weighted by molar-refractivity contribution is 4.79. The van der Waals surface area contributed by atoms with Crippen molar-refractivity contribution in [2.45, 2.75) is 52.5 Å². The van der Waals surface area contributed by atoms with Gasteiger partial charge in [0, 0.05) is 5.54 Å². The number of nitrogens with one attached hydrogen (secondary N) is 1. The molecule has 0 aromatic heterocycles. The zero-order chi connectivity index (χ0) is 8.91. The van der Waals surface area contributed by atoms with Crippen molar-refractivity contribution in [2.75, 3.05) is 7.05 Å². The molecule has 0 bridgehead atoms. The molecule has 0 heterocycles. The predicted molar refractivity (Wildman–Crippen MR) is 51.8 cm³/mol. The van der Waals surface area contributed by atoms with Crippen molar-refractivity contribution in [3.05, 3.63) is 0 Å². The Morgan fingerprint density at radius 2 is 1.91 bits per heavy atom. The number of rotatable bonds is 5. The lowest BCUT2D eigenvalue weighted by molar-refractivity contribution is 0.317. The Kier molecular flexibility index (Phi) is 4.74. The van der Waals surface area contributed by atoms with E-state index in [1.54, 1.807) is 0 Å². The maximum Gasteiger partial charge on any atom is 0.0147 e. The summed E-state index contributed by atoms with van der Waals surface area (Å²) in [7, 11) is 2.06. The van der Waals surface area contributed by atoms with E-state index >= 15 is 0 Å². The van der Waals surface area contributed by atoms with Crippen LogP contribution in [0.2, 0.25) is 0 Å². The van der Waals surface area contributed by atoms with Gasteiger partial charge in [-0.1, -0.05) is 20.8 Å². The van der Waals surface area contributed by atoms with Crippen molar-refractivity contribution < 1.29 is 0 Å². The van der Waals surface area contributed by atoms with Crippen LogP contribution in [0.4, 0.5) is 0 Å². The Morgan fingerprint density at radius 1 is 1.36 bits per heavy atom. The standard InChI is InChI=1S/C10H23N/c1-6-10(4,11-5)8-7-9(2)3/h9,11H,6-8H2,1-5H3. The highest BCUT2D eigenvalue weighted by atomic mass is 14.9. The first-order valence-corrected chi connectivity index (χ1v) is 4.73. The molecule has 0 aliphatic heterocycles. The first-order valence-electron chi connectivity index (χ1n) is 4.73. The van der Waals surface area contributed by atoms with Crippen molar-refractivity contribution in [1.82, 2.24) is 5.32 Å². The van der Waals surface area contributed by atoms with Crippen molar-refractivity contribution in [1.29, 1.82) is 0 Å². The van der Waals surface area contributed by atoms with E-state index in [-0.39, 0.29) is 0 Å². The molecule has 1 N–H and O–H groups in total. The highest BCUT2D eigenvalue weighted by Crippen LogP contribution is 2.18. The van der Waals surface area contributed by atoms with Crippen molar-refractivity contribution in [3.63, 3.8) is 0 Å². The minimum atomic E-state index is 0.365. The fraction of sp³-hybridized carbons (Fsp3) is 1.00. The molecule has 0 radical (unpaired) electrons. The molecule has 0 aromatic rings. The van der Waals surface area contributed by atoms with Crippen LogP contribution in [0.15, 0.2) is 0 Å². The van der Waals surface area contributed by atoms with E-state index in [4.69, 9.17) is 0 Å². The van der Waals surface area contributed by atoms with Gasteiger partial charge in [-0.3, -0.25) is 0 Å². The lowest BCUT2D eigenvalue weighted by Crippen LogP contribution is -2.39. The third-order valence-electron chi connectivity index (χ3n) is 2.66. The molecular formula is C10H23N. The maximum absolute atomic E-state index is 3.38. The zero-order valence-corrected chi connectivity index (χ0v) is 8.70. The van der Waals surface area contributed by atoms with Crippen LogP contribution in [-0.4, -0.2) is 12.6 Å². The summed E-state index contributed by atoms with van der Waals surface area (Å²) in [5, 5.41) is 3.38. The van der Waals surface area contributed by atoms with Crippen LogP contribution in [0.5, 0.6) is 0 Å². The third-order valence-corrected chi connectivity index (χ3v) is 2.66. The maximum atomic E-state index is 3.38. The van der Waals surface area contributed by atoms with E-state index in [9.17, 15) is 0 Å². The SMILES string of the molecule is CCC(C)(CCC(C)C)NC. The molecule has 0 spiro atoms. The van der Waals surface area contributed by atoms with Crippen LogP contribution < -0.4 is 5.32 Å². The Labute approximate surface area is 71.6 Å². The monoisotopic (exact) mass is 157 g/mol. The Hall–Kier alpha value is -0.0400. The summed E-state index contributed by atoms with van der Waals surface area (Å²) in [6.07, 6.45) is 3.83. The van der Waals surface area contributed by atoms with Gasteiger partial charge in [0.15, 0.2) is 0 Å². The number of hydrogen-bond acceptors (Lipinski definition) is 1. The summed E-state index contributed by atoms with van der Waals surface area (Å²) in [5.74, 6) is 0.828. The van der Waals surface area contributed by atoms with Crippen LogP contribution in [-0.2, 0) is 0 Å². The van der Waals surface area contributed by atoms with Gasteiger partial charge in [-0.05, 0) is 39.2 Å². The summed E-state index contributed by atoms with van der Waals surface area (Å²) < 4.78 is 0.